The fraction of sp³-hybridized carbons (Fsp3) is 0.625. The van der Waals surface area contributed by atoms with Crippen molar-refractivity contribution < 1.29 is 14.1 Å². The second-order valence-corrected chi connectivity index (χ2v) is 2.67. The predicted molar refractivity (Wildman–Crippen MR) is 44.5 cm³/mol. The van der Waals surface area contributed by atoms with E-state index in [2.05, 4.69) is 10.1 Å². The third kappa shape index (κ3) is 2.95. The molecule has 0 aliphatic heterocycles. The molecule has 0 fully saturated rings. The maximum atomic E-state index is 10.8. The number of carbonyl (C=O) groups is 1. The van der Waals surface area contributed by atoms with Gasteiger partial charge in [0.25, 0.3) is 5.89 Å². The van der Waals surface area contributed by atoms with Crippen LogP contribution in [0.2, 0.25) is 0 Å². The Hall–Kier alpha value is -1.23. The lowest BCUT2D eigenvalue weighted by molar-refractivity contribution is 0.0972. The highest BCUT2D eigenvalue weighted by molar-refractivity contribution is 5.89. The molecule has 72 valence electrons. The maximum absolute atomic E-state index is 10.8. The van der Waals surface area contributed by atoms with Crippen LogP contribution in [0.25, 0.3) is 0 Å². The van der Waals surface area contributed by atoms with Crippen molar-refractivity contribution in [3.8, 4) is 0 Å². The second kappa shape index (κ2) is 4.71. The average molecular weight is 184 g/mol. The van der Waals surface area contributed by atoms with Gasteiger partial charge in [-0.3, -0.25) is 4.79 Å². The van der Waals surface area contributed by atoms with Crippen molar-refractivity contribution in [1.82, 2.24) is 10.1 Å². The van der Waals surface area contributed by atoms with E-state index in [9.17, 15) is 4.79 Å². The molecule has 0 amide bonds. The summed E-state index contributed by atoms with van der Waals surface area (Å²) in [5.41, 5.74) is 0. The largest absolute Gasteiger partial charge is 0.385 e. The molecule has 0 aliphatic rings. The molecular weight excluding hydrogens is 172 g/mol. The molecule has 0 aliphatic carbocycles. The van der Waals surface area contributed by atoms with Crippen LogP contribution in [0.5, 0.6) is 0 Å². The number of methoxy groups -OCH3 is 1. The molecule has 5 heteroatoms. The molecule has 0 atom stereocenters. The molecule has 13 heavy (non-hydrogen) atoms. The Kier molecular flexibility index (Phi) is 3.57. The van der Waals surface area contributed by atoms with Gasteiger partial charge in [0.2, 0.25) is 5.78 Å². The average Bonchev–Trinajstić information content (AvgIpc) is 2.53. The fourth-order valence-corrected chi connectivity index (χ4v) is 0.873. The number of aromatic nitrogens is 2. The zero-order valence-electron chi connectivity index (χ0n) is 7.74. The molecule has 1 rings (SSSR count). The van der Waals surface area contributed by atoms with Crippen molar-refractivity contribution in [2.24, 2.45) is 0 Å². The molecule has 5 nitrogen and oxygen atoms in total. The normalized spacial score (nSPS) is 10.3. The predicted octanol–water partition coefficient (Wildman–Crippen LogP) is 0.851. The van der Waals surface area contributed by atoms with Crippen LogP contribution in [0.4, 0.5) is 0 Å². The third-order valence-electron chi connectivity index (χ3n) is 1.52. The summed E-state index contributed by atoms with van der Waals surface area (Å²) >= 11 is 0. The van der Waals surface area contributed by atoms with Crippen molar-refractivity contribution in [2.45, 2.75) is 19.8 Å². The summed E-state index contributed by atoms with van der Waals surface area (Å²) in [6.07, 6.45) is 1.50. The highest BCUT2D eigenvalue weighted by atomic mass is 16.5. The SMILES string of the molecule is COCCCc1noc(C(C)=O)n1. The van der Waals surface area contributed by atoms with E-state index in [4.69, 9.17) is 9.26 Å². The lowest BCUT2D eigenvalue weighted by Gasteiger charge is -1.92. The van der Waals surface area contributed by atoms with E-state index in [-0.39, 0.29) is 11.7 Å². The summed E-state index contributed by atoms with van der Waals surface area (Å²) in [5, 5.41) is 3.65. The van der Waals surface area contributed by atoms with E-state index >= 15 is 0 Å². The minimum atomic E-state index is -0.203. The zero-order chi connectivity index (χ0) is 9.68. The summed E-state index contributed by atoms with van der Waals surface area (Å²) in [6, 6.07) is 0. The molecule has 0 bridgehead atoms. The zero-order valence-corrected chi connectivity index (χ0v) is 7.74. The van der Waals surface area contributed by atoms with Crippen molar-refractivity contribution >= 4 is 5.78 Å². The summed E-state index contributed by atoms with van der Waals surface area (Å²) in [4.78, 5) is 14.7. The van der Waals surface area contributed by atoms with E-state index in [1.165, 1.54) is 6.92 Å². The van der Waals surface area contributed by atoms with Crippen molar-refractivity contribution in [1.29, 1.82) is 0 Å². The van der Waals surface area contributed by atoms with E-state index in [1.807, 2.05) is 0 Å². The van der Waals surface area contributed by atoms with Crippen LogP contribution in [0.3, 0.4) is 0 Å². The van der Waals surface area contributed by atoms with Crippen LogP contribution in [-0.4, -0.2) is 29.6 Å². The first-order valence-electron chi connectivity index (χ1n) is 4.06. The lowest BCUT2D eigenvalue weighted by atomic mass is 10.3. The van der Waals surface area contributed by atoms with Gasteiger partial charge in [0.15, 0.2) is 5.82 Å². The van der Waals surface area contributed by atoms with Crippen LogP contribution in [-0.2, 0) is 11.2 Å². The van der Waals surface area contributed by atoms with Gasteiger partial charge < -0.3 is 9.26 Å². The molecule has 0 N–H and O–H groups in total. The van der Waals surface area contributed by atoms with Gasteiger partial charge in [0.1, 0.15) is 0 Å². The van der Waals surface area contributed by atoms with E-state index in [1.54, 1.807) is 7.11 Å². The fourth-order valence-electron chi connectivity index (χ4n) is 0.873. The van der Waals surface area contributed by atoms with Gasteiger partial charge in [-0.1, -0.05) is 5.16 Å². The second-order valence-electron chi connectivity index (χ2n) is 2.67. The molecule has 0 aromatic carbocycles. The molecule has 0 saturated heterocycles. The first-order chi connectivity index (χ1) is 6.24. The molecule has 1 aromatic heterocycles. The monoisotopic (exact) mass is 184 g/mol. The van der Waals surface area contributed by atoms with Crippen molar-refractivity contribution in [2.75, 3.05) is 13.7 Å². The van der Waals surface area contributed by atoms with E-state index in [0.717, 1.165) is 6.42 Å². The number of nitrogens with zero attached hydrogens (tertiary/aromatic N) is 2. The minimum absolute atomic E-state index is 0.0763. The Morgan fingerprint density at radius 1 is 1.62 bits per heavy atom. The highest BCUT2D eigenvalue weighted by Crippen LogP contribution is 2.00. The summed E-state index contributed by atoms with van der Waals surface area (Å²) in [7, 11) is 1.64. The summed E-state index contributed by atoms with van der Waals surface area (Å²) < 4.78 is 9.57. The number of ether oxygens (including phenoxy) is 1. The molecule has 1 aromatic rings. The van der Waals surface area contributed by atoms with Crippen LogP contribution in [0.15, 0.2) is 4.52 Å². The summed E-state index contributed by atoms with van der Waals surface area (Å²) in [6.45, 7) is 2.05. The molecule has 0 spiro atoms. The van der Waals surface area contributed by atoms with Gasteiger partial charge in [0, 0.05) is 27.1 Å². The number of hydrogen-bond acceptors (Lipinski definition) is 5. The van der Waals surface area contributed by atoms with Gasteiger partial charge in [-0.15, -0.1) is 0 Å². The smallest absolute Gasteiger partial charge is 0.293 e. The lowest BCUT2D eigenvalue weighted by Crippen LogP contribution is -1.96. The van der Waals surface area contributed by atoms with Crippen LogP contribution in [0, 0.1) is 0 Å². The van der Waals surface area contributed by atoms with Gasteiger partial charge in [-0.2, -0.15) is 4.98 Å². The number of hydrogen-bond donors (Lipinski definition) is 0. The Balaban J connectivity index is 2.44. The minimum Gasteiger partial charge on any atom is -0.385 e. The molecule has 0 saturated carbocycles. The van der Waals surface area contributed by atoms with Gasteiger partial charge in [-0.25, -0.2) is 0 Å². The number of ketones is 1. The van der Waals surface area contributed by atoms with Crippen LogP contribution in [0.1, 0.15) is 29.9 Å². The quantitative estimate of drug-likeness (QED) is 0.501. The van der Waals surface area contributed by atoms with Crippen LogP contribution >= 0.6 is 0 Å². The molecule has 0 radical (unpaired) electrons. The van der Waals surface area contributed by atoms with Crippen molar-refractivity contribution in [3.05, 3.63) is 11.7 Å². The highest BCUT2D eigenvalue weighted by Gasteiger charge is 2.09. The van der Waals surface area contributed by atoms with Gasteiger partial charge in [0.05, 0.1) is 0 Å². The number of carbonyl (C=O) groups excluding carboxylic acids is 1. The van der Waals surface area contributed by atoms with E-state index in [0.29, 0.717) is 18.9 Å². The van der Waals surface area contributed by atoms with Gasteiger partial charge in [-0.05, 0) is 6.42 Å². The number of Topliss-reactive ketones (excluding diaryl/α,β-unsaturated/α-hetero) is 1. The van der Waals surface area contributed by atoms with Gasteiger partial charge >= 0.3 is 0 Å². The Labute approximate surface area is 76.1 Å². The number of rotatable bonds is 5. The van der Waals surface area contributed by atoms with Crippen LogP contribution < -0.4 is 0 Å². The van der Waals surface area contributed by atoms with E-state index < -0.39 is 0 Å². The molecule has 0 unspecified atom stereocenters. The molecule has 1 heterocycles. The summed E-state index contributed by atoms with van der Waals surface area (Å²) in [5.74, 6) is 0.431. The maximum Gasteiger partial charge on any atom is 0.293 e. The standard InChI is InChI=1S/C8H12N2O3/c1-6(11)8-9-7(10-13-8)4-3-5-12-2/h3-5H2,1-2H3. The first-order valence-corrected chi connectivity index (χ1v) is 4.06. The number of aryl methyl sites for hydroxylation is 1. The topological polar surface area (TPSA) is 65.2 Å². The molecular formula is C8H12N2O3. The Morgan fingerprint density at radius 3 is 2.92 bits per heavy atom. The third-order valence-corrected chi connectivity index (χ3v) is 1.52. The first kappa shape index (κ1) is 9.85. The Bertz CT molecular complexity index is 283. The van der Waals surface area contributed by atoms with Crippen molar-refractivity contribution in [3.63, 3.8) is 0 Å². The Morgan fingerprint density at radius 2 is 2.38 bits per heavy atom.